The van der Waals surface area contributed by atoms with Crippen LogP contribution in [0, 0.1) is 6.92 Å². The minimum atomic E-state index is -0.858. The lowest BCUT2D eigenvalue weighted by atomic mass is 10.1. The molecule has 2 aromatic carbocycles. The Balaban J connectivity index is 1.82. The fourth-order valence-corrected chi connectivity index (χ4v) is 2.91. The Kier molecular flexibility index (Phi) is 4.42. The van der Waals surface area contributed by atoms with Gasteiger partial charge < -0.3 is 5.32 Å². The summed E-state index contributed by atoms with van der Waals surface area (Å²) in [6, 6.07) is 10.7. The number of carbonyl (C=O) groups excluding carboxylic acids is 4. The topological polar surface area (TPSA) is 83.6 Å². The van der Waals surface area contributed by atoms with E-state index in [1.807, 2.05) is 6.92 Å². The lowest BCUT2D eigenvalue weighted by Gasteiger charge is -2.24. The van der Waals surface area contributed by atoms with Crippen LogP contribution in [0.4, 0.5) is 11.4 Å². The number of hydrogen-bond acceptors (Lipinski definition) is 4. The number of benzene rings is 2. The quantitative estimate of drug-likeness (QED) is 0.679. The summed E-state index contributed by atoms with van der Waals surface area (Å²) in [5.41, 5.74) is 2.68. The third-order valence-electron chi connectivity index (χ3n) is 4.39. The first kappa shape index (κ1) is 17.5. The van der Waals surface area contributed by atoms with Crippen LogP contribution in [-0.2, 0) is 9.59 Å². The third kappa shape index (κ3) is 3.01. The number of Topliss-reactive ketones (excluding diaryl/α,β-unsaturated/α-hetero) is 2. The van der Waals surface area contributed by atoms with Crippen molar-refractivity contribution in [1.82, 2.24) is 0 Å². The van der Waals surface area contributed by atoms with Gasteiger partial charge in [0.2, 0.25) is 5.91 Å². The van der Waals surface area contributed by atoms with E-state index >= 15 is 0 Å². The first-order valence-electron chi connectivity index (χ1n) is 8.20. The minimum absolute atomic E-state index is 0.0654. The Morgan fingerprint density at radius 3 is 2.31 bits per heavy atom. The normalized spacial score (nSPS) is 14.2. The van der Waals surface area contributed by atoms with Gasteiger partial charge in [-0.05, 0) is 57.2 Å². The molecule has 0 fully saturated rings. The standard InChI is InChI=1S/C20H18N2O4/c1-11-4-9-17-16(10-11)18(24)20(26)22(17)12(2)19(25)21-15-7-5-14(6-8-15)13(3)23/h4-10,12H,1-3H3,(H,21,25). The average molecular weight is 350 g/mol. The highest BCUT2D eigenvalue weighted by Crippen LogP contribution is 2.31. The van der Waals surface area contributed by atoms with Gasteiger partial charge in [0.15, 0.2) is 5.78 Å². The zero-order valence-corrected chi connectivity index (χ0v) is 14.7. The van der Waals surface area contributed by atoms with Crippen LogP contribution in [0.2, 0.25) is 0 Å². The summed E-state index contributed by atoms with van der Waals surface area (Å²) < 4.78 is 0. The van der Waals surface area contributed by atoms with Crippen molar-refractivity contribution in [2.45, 2.75) is 26.8 Å². The molecule has 0 saturated heterocycles. The highest BCUT2D eigenvalue weighted by Gasteiger charge is 2.40. The monoisotopic (exact) mass is 350 g/mol. The number of rotatable bonds is 4. The molecule has 3 rings (SSSR count). The van der Waals surface area contributed by atoms with E-state index < -0.39 is 23.6 Å². The van der Waals surface area contributed by atoms with Crippen molar-refractivity contribution in [3.63, 3.8) is 0 Å². The predicted octanol–water partition coefficient (Wildman–Crippen LogP) is 2.75. The molecule has 0 aromatic heterocycles. The van der Waals surface area contributed by atoms with Crippen LogP contribution >= 0.6 is 0 Å². The van der Waals surface area contributed by atoms with Crippen molar-refractivity contribution in [3.05, 3.63) is 59.2 Å². The van der Waals surface area contributed by atoms with Crippen molar-refractivity contribution >= 4 is 34.8 Å². The van der Waals surface area contributed by atoms with Crippen molar-refractivity contribution in [2.75, 3.05) is 10.2 Å². The lowest BCUT2D eigenvalue weighted by molar-refractivity contribution is -0.120. The van der Waals surface area contributed by atoms with Crippen molar-refractivity contribution in [3.8, 4) is 0 Å². The molecule has 2 amide bonds. The maximum absolute atomic E-state index is 12.6. The third-order valence-corrected chi connectivity index (χ3v) is 4.39. The molecule has 0 saturated carbocycles. The van der Waals surface area contributed by atoms with Crippen molar-refractivity contribution < 1.29 is 19.2 Å². The molecule has 0 bridgehead atoms. The molecule has 0 radical (unpaired) electrons. The van der Waals surface area contributed by atoms with Crippen molar-refractivity contribution in [2.24, 2.45) is 0 Å². The Hall–Kier alpha value is -3.28. The van der Waals surface area contributed by atoms with Gasteiger partial charge in [0.05, 0.1) is 11.3 Å². The summed E-state index contributed by atoms with van der Waals surface area (Å²) in [6.45, 7) is 4.87. The Bertz CT molecular complexity index is 931. The average Bonchev–Trinajstić information content (AvgIpc) is 2.85. The van der Waals surface area contributed by atoms with Crippen molar-refractivity contribution in [1.29, 1.82) is 0 Å². The van der Waals surface area contributed by atoms with E-state index in [-0.39, 0.29) is 5.78 Å². The maximum atomic E-state index is 12.6. The molecular weight excluding hydrogens is 332 g/mol. The summed E-state index contributed by atoms with van der Waals surface area (Å²) in [5, 5.41) is 2.71. The SMILES string of the molecule is CC(=O)c1ccc(NC(=O)C(C)N2C(=O)C(=O)c3cc(C)ccc32)cc1. The highest BCUT2D eigenvalue weighted by atomic mass is 16.2. The van der Waals surface area contributed by atoms with Gasteiger partial charge in [0.1, 0.15) is 6.04 Å². The maximum Gasteiger partial charge on any atom is 0.300 e. The van der Waals surface area contributed by atoms with Gasteiger partial charge in [-0.1, -0.05) is 11.6 Å². The fraction of sp³-hybridized carbons (Fsp3) is 0.200. The van der Waals surface area contributed by atoms with E-state index in [0.717, 1.165) is 5.56 Å². The predicted molar refractivity (Wildman–Crippen MR) is 97.5 cm³/mol. The van der Waals surface area contributed by atoms with Gasteiger partial charge in [-0.2, -0.15) is 0 Å². The van der Waals surface area contributed by atoms with Crippen LogP contribution in [0.3, 0.4) is 0 Å². The van der Waals surface area contributed by atoms with Gasteiger partial charge in [-0.3, -0.25) is 24.1 Å². The second-order valence-electron chi connectivity index (χ2n) is 6.32. The molecule has 6 heteroatoms. The lowest BCUT2D eigenvalue weighted by Crippen LogP contribution is -2.45. The number of aryl methyl sites for hydroxylation is 1. The van der Waals surface area contributed by atoms with Crippen LogP contribution in [0.25, 0.3) is 0 Å². The number of amides is 2. The number of nitrogens with zero attached hydrogens (tertiary/aromatic N) is 1. The molecule has 6 nitrogen and oxygen atoms in total. The zero-order chi connectivity index (χ0) is 19.0. The summed E-state index contributed by atoms with van der Waals surface area (Å²) in [4.78, 5) is 49.6. The first-order valence-corrected chi connectivity index (χ1v) is 8.20. The van der Waals surface area contributed by atoms with E-state index in [0.29, 0.717) is 22.5 Å². The Morgan fingerprint density at radius 2 is 1.69 bits per heavy atom. The summed E-state index contributed by atoms with van der Waals surface area (Å²) in [7, 11) is 0. The molecule has 1 heterocycles. The van der Waals surface area contributed by atoms with Gasteiger partial charge in [-0.15, -0.1) is 0 Å². The molecule has 2 aromatic rings. The summed E-state index contributed by atoms with van der Waals surface area (Å²) in [5.74, 6) is -1.80. The minimum Gasteiger partial charge on any atom is -0.324 e. The largest absolute Gasteiger partial charge is 0.324 e. The molecule has 1 unspecified atom stereocenters. The zero-order valence-electron chi connectivity index (χ0n) is 14.7. The molecule has 1 N–H and O–H groups in total. The van der Waals surface area contributed by atoms with E-state index in [9.17, 15) is 19.2 Å². The van der Waals surface area contributed by atoms with Crippen LogP contribution in [0.5, 0.6) is 0 Å². The molecule has 0 aliphatic carbocycles. The molecule has 1 aliphatic rings. The first-order chi connectivity index (χ1) is 12.3. The van der Waals surface area contributed by atoms with E-state index in [1.165, 1.54) is 11.8 Å². The van der Waals surface area contributed by atoms with Gasteiger partial charge in [0, 0.05) is 11.3 Å². The van der Waals surface area contributed by atoms with Gasteiger partial charge in [-0.25, -0.2) is 0 Å². The molecule has 0 spiro atoms. The van der Waals surface area contributed by atoms with E-state index in [2.05, 4.69) is 5.32 Å². The number of hydrogen-bond donors (Lipinski definition) is 1. The number of nitrogens with one attached hydrogen (secondary N) is 1. The Labute approximate surface area is 150 Å². The highest BCUT2D eigenvalue weighted by molar-refractivity contribution is 6.53. The second kappa shape index (κ2) is 6.55. The summed E-state index contributed by atoms with van der Waals surface area (Å²) >= 11 is 0. The number of carbonyl (C=O) groups is 4. The fourth-order valence-electron chi connectivity index (χ4n) is 2.91. The molecule has 1 aliphatic heterocycles. The molecule has 132 valence electrons. The molecule has 26 heavy (non-hydrogen) atoms. The molecular formula is C20H18N2O4. The van der Waals surface area contributed by atoms with Gasteiger partial charge >= 0.3 is 0 Å². The van der Waals surface area contributed by atoms with E-state index in [4.69, 9.17) is 0 Å². The second-order valence-corrected chi connectivity index (χ2v) is 6.32. The Morgan fingerprint density at radius 1 is 1.04 bits per heavy atom. The van der Waals surface area contributed by atoms with Crippen LogP contribution in [-0.4, -0.2) is 29.4 Å². The number of ketones is 2. The van der Waals surface area contributed by atoms with Gasteiger partial charge in [0.25, 0.3) is 11.7 Å². The van der Waals surface area contributed by atoms with Crippen LogP contribution in [0.15, 0.2) is 42.5 Å². The summed E-state index contributed by atoms with van der Waals surface area (Å²) in [6.07, 6.45) is 0. The smallest absolute Gasteiger partial charge is 0.300 e. The molecule has 1 atom stereocenters. The van der Waals surface area contributed by atoms with Crippen LogP contribution in [0.1, 0.15) is 40.1 Å². The number of fused-ring (bicyclic) bond motifs is 1. The van der Waals surface area contributed by atoms with E-state index in [1.54, 1.807) is 49.4 Å². The van der Waals surface area contributed by atoms with Crippen LogP contribution < -0.4 is 10.2 Å². The number of anilines is 2.